The van der Waals surface area contributed by atoms with Crippen LogP contribution in [0.3, 0.4) is 0 Å². The van der Waals surface area contributed by atoms with Gasteiger partial charge in [-0.3, -0.25) is 0 Å². The van der Waals surface area contributed by atoms with Gasteiger partial charge in [-0.15, -0.1) is 0 Å². The monoisotopic (exact) mass is 283 g/mol. The minimum Gasteiger partial charge on any atom is -0.381 e. The molecule has 0 bridgehead atoms. The summed E-state index contributed by atoms with van der Waals surface area (Å²) >= 11 is 0. The second kappa shape index (κ2) is 5.90. The molecule has 6 heteroatoms. The van der Waals surface area contributed by atoms with Crippen molar-refractivity contribution in [3.63, 3.8) is 0 Å². The molecule has 0 amide bonds. The van der Waals surface area contributed by atoms with Crippen LogP contribution in [-0.4, -0.2) is 27.0 Å². The van der Waals surface area contributed by atoms with Crippen LogP contribution in [0.15, 0.2) is 29.2 Å². The summed E-state index contributed by atoms with van der Waals surface area (Å²) in [6, 6.07) is 7.27. The van der Waals surface area contributed by atoms with E-state index in [1.807, 2.05) is 0 Å². The minimum absolute atomic E-state index is 0.185. The van der Waals surface area contributed by atoms with E-state index < -0.39 is 10.0 Å². The molecule has 4 N–H and O–H groups in total. The molecule has 1 aliphatic carbocycles. The maximum absolute atomic E-state index is 11.8. The van der Waals surface area contributed by atoms with Crippen LogP contribution in [0.1, 0.15) is 26.2 Å². The van der Waals surface area contributed by atoms with Gasteiger partial charge in [0.1, 0.15) is 0 Å². The van der Waals surface area contributed by atoms with Gasteiger partial charge in [0.2, 0.25) is 10.0 Å². The lowest BCUT2D eigenvalue weighted by Crippen LogP contribution is -2.35. The summed E-state index contributed by atoms with van der Waals surface area (Å²) in [5, 5.41) is 3.36. The smallest absolute Gasteiger partial charge is 0.240 e. The second-order valence-electron chi connectivity index (χ2n) is 4.87. The van der Waals surface area contributed by atoms with Crippen LogP contribution in [0, 0.1) is 0 Å². The third-order valence-electron chi connectivity index (χ3n) is 3.42. The van der Waals surface area contributed by atoms with Gasteiger partial charge in [0, 0.05) is 24.3 Å². The molecule has 0 spiro atoms. The third kappa shape index (κ3) is 3.46. The second-order valence-corrected chi connectivity index (χ2v) is 6.64. The molecule has 19 heavy (non-hydrogen) atoms. The van der Waals surface area contributed by atoms with E-state index in [1.54, 1.807) is 31.2 Å². The Morgan fingerprint density at radius 2 is 1.95 bits per heavy atom. The normalized spacial score (nSPS) is 23.5. The van der Waals surface area contributed by atoms with Gasteiger partial charge >= 0.3 is 0 Å². The molecular formula is C13H21N3O2S. The maximum Gasteiger partial charge on any atom is 0.240 e. The molecule has 0 aromatic heterocycles. The topological polar surface area (TPSA) is 84.2 Å². The fourth-order valence-electron chi connectivity index (χ4n) is 2.39. The third-order valence-corrected chi connectivity index (χ3v) is 4.98. The molecule has 1 saturated carbocycles. The molecule has 0 radical (unpaired) electrons. The van der Waals surface area contributed by atoms with Crippen LogP contribution in [0.4, 0.5) is 5.69 Å². The van der Waals surface area contributed by atoms with Gasteiger partial charge in [-0.1, -0.05) is 6.92 Å². The predicted molar refractivity (Wildman–Crippen MR) is 76.5 cm³/mol. The van der Waals surface area contributed by atoms with Crippen molar-refractivity contribution in [1.82, 2.24) is 4.72 Å². The molecule has 2 unspecified atom stereocenters. The van der Waals surface area contributed by atoms with Crippen molar-refractivity contribution in [2.75, 3.05) is 11.9 Å². The van der Waals surface area contributed by atoms with Gasteiger partial charge in [-0.05, 0) is 43.5 Å². The summed E-state index contributed by atoms with van der Waals surface area (Å²) in [5.41, 5.74) is 6.91. The molecular weight excluding hydrogens is 262 g/mol. The van der Waals surface area contributed by atoms with E-state index in [9.17, 15) is 8.42 Å². The van der Waals surface area contributed by atoms with Crippen molar-refractivity contribution >= 4 is 15.7 Å². The predicted octanol–water partition coefficient (Wildman–Crippen LogP) is 1.28. The van der Waals surface area contributed by atoms with Crippen molar-refractivity contribution in [2.24, 2.45) is 5.73 Å². The van der Waals surface area contributed by atoms with E-state index in [-0.39, 0.29) is 17.0 Å². The number of hydrogen-bond acceptors (Lipinski definition) is 4. The summed E-state index contributed by atoms with van der Waals surface area (Å²) < 4.78 is 26.0. The van der Waals surface area contributed by atoms with Crippen LogP contribution in [0.25, 0.3) is 0 Å². The molecule has 106 valence electrons. The van der Waals surface area contributed by atoms with Crippen molar-refractivity contribution < 1.29 is 8.42 Å². The molecule has 0 saturated heterocycles. The number of rotatable bonds is 5. The first-order valence-corrected chi connectivity index (χ1v) is 8.13. The first kappa shape index (κ1) is 14.3. The summed E-state index contributed by atoms with van der Waals surface area (Å²) in [6.45, 7) is 2.15. The molecule has 1 fully saturated rings. The number of anilines is 1. The van der Waals surface area contributed by atoms with Crippen LogP contribution < -0.4 is 15.8 Å². The summed E-state index contributed by atoms with van der Waals surface area (Å²) in [4.78, 5) is 0.288. The van der Waals surface area contributed by atoms with Gasteiger partial charge in [-0.25, -0.2) is 13.1 Å². The molecule has 5 nitrogen and oxygen atoms in total. The number of nitrogens with one attached hydrogen (secondary N) is 2. The van der Waals surface area contributed by atoms with Crippen molar-refractivity contribution in [1.29, 1.82) is 0 Å². The Kier molecular flexibility index (Phi) is 4.44. The SMILES string of the molecule is CCNS(=O)(=O)c1ccc(NC2CCCC2N)cc1. The van der Waals surface area contributed by atoms with E-state index in [4.69, 9.17) is 5.73 Å². The van der Waals surface area contributed by atoms with Crippen molar-refractivity contribution in [3.8, 4) is 0 Å². The number of hydrogen-bond donors (Lipinski definition) is 3. The highest BCUT2D eigenvalue weighted by Crippen LogP contribution is 2.22. The largest absolute Gasteiger partial charge is 0.381 e. The Bertz CT molecular complexity index is 513. The Labute approximate surface area is 114 Å². The summed E-state index contributed by atoms with van der Waals surface area (Å²) in [5.74, 6) is 0. The fourth-order valence-corrected chi connectivity index (χ4v) is 3.43. The average Bonchev–Trinajstić information content (AvgIpc) is 2.76. The lowest BCUT2D eigenvalue weighted by molar-refractivity contribution is 0.584. The first-order chi connectivity index (χ1) is 9.03. The van der Waals surface area contributed by atoms with Crippen molar-refractivity contribution in [2.45, 2.75) is 43.2 Å². The van der Waals surface area contributed by atoms with Gasteiger partial charge < -0.3 is 11.1 Å². The number of nitrogens with two attached hydrogens (primary N) is 1. The Hall–Kier alpha value is -1.11. The molecule has 1 aromatic carbocycles. The van der Waals surface area contributed by atoms with E-state index in [0.29, 0.717) is 6.54 Å². The summed E-state index contributed by atoms with van der Waals surface area (Å²) in [6.07, 6.45) is 3.26. The number of benzene rings is 1. The van der Waals surface area contributed by atoms with Gasteiger partial charge in [-0.2, -0.15) is 0 Å². The van der Waals surface area contributed by atoms with E-state index in [2.05, 4.69) is 10.0 Å². The van der Waals surface area contributed by atoms with E-state index in [1.165, 1.54) is 0 Å². The standard InChI is InChI=1S/C13H21N3O2S/c1-2-15-19(17,18)11-8-6-10(7-9-11)16-13-5-3-4-12(13)14/h6-9,12-13,15-16H,2-5,14H2,1H3. The Morgan fingerprint density at radius 3 is 2.47 bits per heavy atom. The van der Waals surface area contributed by atoms with Crippen LogP contribution in [0.5, 0.6) is 0 Å². The van der Waals surface area contributed by atoms with Gasteiger partial charge in [0.15, 0.2) is 0 Å². The highest BCUT2D eigenvalue weighted by atomic mass is 32.2. The number of sulfonamides is 1. The highest BCUT2D eigenvalue weighted by Gasteiger charge is 2.23. The van der Waals surface area contributed by atoms with Crippen molar-refractivity contribution in [3.05, 3.63) is 24.3 Å². The zero-order valence-corrected chi connectivity index (χ0v) is 11.9. The van der Waals surface area contributed by atoms with E-state index in [0.717, 1.165) is 24.9 Å². The molecule has 2 rings (SSSR count). The zero-order chi connectivity index (χ0) is 13.9. The minimum atomic E-state index is -3.37. The molecule has 2 atom stereocenters. The lowest BCUT2D eigenvalue weighted by Gasteiger charge is -2.18. The molecule has 0 aliphatic heterocycles. The maximum atomic E-state index is 11.8. The molecule has 1 aliphatic rings. The van der Waals surface area contributed by atoms with Crippen LogP contribution in [0.2, 0.25) is 0 Å². The lowest BCUT2D eigenvalue weighted by atomic mass is 10.2. The first-order valence-electron chi connectivity index (χ1n) is 6.65. The zero-order valence-electron chi connectivity index (χ0n) is 11.1. The van der Waals surface area contributed by atoms with Gasteiger partial charge in [0.25, 0.3) is 0 Å². The quantitative estimate of drug-likeness (QED) is 0.760. The molecule has 0 heterocycles. The molecule has 1 aromatic rings. The van der Waals surface area contributed by atoms with Crippen LogP contribution in [-0.2, 0) is 10.0 Å². The van der Waals surface area contributed by atoms with E-state index >= 15 is 0 Å². The summed E-state index contributed by atoms with van der Waals surface area (Å²) in [7, 11) is -3.37. The Balaban J connectivity index is 2.06. The van der Waals surface area contributed by atoms with Crippen LogP contribution >= 0.6 is 0 Å². The fraction of sp³-hybridized carbons (Fsp3) is 0.538. The average molecular weight is 283 g/mol. The van der Waals surface area contributed by atoms with Gasteiger partial charge in [0.05, 0.1) is 4.90 Å². The highest BCUT2D eigenvalue weighted by molar-refractivity contribution is 7.89. The Morgan fingerprint density at radius 1 is 1.26 bits per heavy atom.